The molecule has 4 nitrogen and oxygen atoms in total. The van der Waals surface area contributed by atoms with Gasteiger partial charge in [-0.2, -0.15) is 0 Å². The zero-order valence-electron chi connectivity index (χ0n) is 22.2. The molecule has 1 aromatic rings. The molecule has 0 bridgehead atoms. The van der Waals surface area contributed by atoms with Crippen molar-refractivity contribution in [2.45, 2.75) is 97.9 Å². The Balaban J connectivity index is 1.88. The van der Waals surface area contributed by atoms with Gasteiger partial charge in [0, 0.05) is 30.5 Å². The summed E-state index contributed by atoms with van der Waals surface area (Å²) in [6.07, 6.45) is 9.64. The Hall–Kier alpha value is -2.07. The molecule has 4 heteroatoms. The molecule has 0 spiro atoms. The highest BCUT2D eigenvalue weighted by Crippen LogP contribution is 2.47. The number of esters is 1. The van der Waals surface area contributed by atoms with Gasteiger partial charge in [0.1, 0.15) is 11.5 Å². The summed E-state index contributed by atoms with van der Waals surface area (Å²) in [4.78, 5) is 15.3. The van der Waals surface area contributed by atoms with Crippen LogP contribution in [0.3, 0.4) is 0 Å². The number of phenols is 1. The number of hydrogen-bond donors (Lipinski definition) is 1. The van der Waals surface area contributed by atoms with E-state index in [-0.39, 0.29) is 29.0 Å². The van der Waals surface area contributed by atoms with Crippen molar-refractivity contribution in [1.82, 2.24) is 4.90 Å². The van der Waals surface area contributed by atoms with E-state index in [0.717, 1.165) is 68.2 Å². The Bertz CT molecular complexity index is 929. The van der Waals surface area contributed by atoms with E-state index in [0.29, 0.717) is 18.2 Å². The average molecular weight is 468 g/mol. The van der Waals surface area contributed by atoms with Gasteiger partial charge in [0.2, 0.25) is 0 Å². The van der Waals surface area contributed by atoms with Gasteiger partial charge in [0.15, 0.2) is 0 Å². The molecule has 1 aliphatic carbocycles. The van der Waals surface area contributed by atoms with E-state index in [1.54, 1.807) is 0 Å². The molecule has 0 amide bonds. The summed E-state index contributed by atoms with van der Waals surface area (Å²) in [6.45, 7) is 16.2. The number of benzene rings is 1. The molecule has 1 aliphatic heterocycles. The Morgan fingerprint density at radius 1 is 1.29 bits per heavy atom. The van der Waals surface area contributed by atoms with Crippen LogP contribution in [-0.4, -0.2) is 35.6 Å². The van der Waals surface area contributed by atoms with Crippen molar-refractivity contribution >= 4 is 5.97 Å². The predicted octanol–water partition coefficient (Wildman–Crippen LogP) is 7.17. The van der Waals surface area contributed by atoms with E-state index in [1.165, 1.54) is 5.57 Å². The van der Waals surface area contributed by atoms with Gasteiger partial charge >= 0.3 is 5.97 Å². The van der Waals surface area contributed by atoms with Crippen LogP contribution < -0.4 is 4.74 Å². The number of aryl methyl sites for hydroxylation is 1. The van der Waals surface area contributed by atoms with Gasteiger partial charge in [0.05, 0.1) is 0 Å². The zero-order valence-corrected chi connectivity index (χ0v) is 22.2. The van der Waals surface area contributed by atoms with E-state index in [2.05, 4.69) is 59.2 Å². The fraction of sp³-hybridized carbons (Fsp3) is 0.633. The molecule has 1 heterocycles. The molecule has 0 aromatic heterocycles. The van der Waals surface area contributed by atoms with E-state index in [4.69, 9.17) is 4.74 Å². The monoisotopic (exact) mass is 467 g/mol. The highest BCUT2D eigenvalue weighted by molar-refractivity contribution is 5.73. The Morgan fingerprint density at radius 2 is 2.00 bits per heavy atom. The van der Waals surface area contributed by atoms with Crippen molar-refractivity contribution in [2.24, 2.45) is 11.3 Å². The van der Waals surface area contributed by atoms with Crippen LogP contribution in [0, 0.1) is 11.3 Å². The molecule has 0 radical (unpaired) electrons. The number of nitrogens with zero attached hydrogens (tertiary/aromatic N) is 1. The number of rotatable bonds is 11. The third-order valence-corrected chi connectivity index (χ3v) is 7.92. The first-order valence-corrected chi connectivity index (χ1v) is 13.1. The second-order valence-corrected chi connectivity index (χ2v) is 11.4. The quantitative estimate of drug-likeness (QED) is 0.123. The molecule has 2 aliphatic rings. The molecule has 4 atom stereocenters. The van der Waals surface area contributed by atoms with Crippen molar-refractivity contribution in [1.29, 1.82) is 0 Å². The lowest BCUT2D eigenvalue weighted by atomic mass is 9.73. The van der Waals surface area contributed by atoms with Crippen LogP contribution in [0.5, 0.6) is 11.5 Å². The Morgan fingerprint density at radius 3 is 2.62 bits per heavy atom. The van der Waals surface area contributed by atoms with Gasteiger partial charge in [-0.05, 0) is 82.0 Å². The summed E-state index contributed by atoms with van der Waals surface area (Å²) in [5, 5.41) is 11.2. The first kappa shape index (κ1) is 26.5. The van der Waals surface area contributed by atoms with Crippen molar-refractivity contribution < 1.29 is 14.6 Å². The fourth-order valence-electron chi connectivity index (χ4n) is 5.55. The number of carbonyl (C=O) groups excluding carboxylic acids is 1. The SMILES string of the molecule is C=C(C)[C@@H]1CCC(C)=C[C@H]1c1c(O)cc(CCCCC)cc1OC(=O)CCC(C)(C)C1CN1C. The number of carbonyl (C=O) groups is 1. The number of likely N-dealkylation sites (N-methyl/N-ethyl adjacent to an activating group) is 1. The molecular weight excluding hydrogens is 422 g/mol. The van der Waals surface area contributed by atoms with Gasteiger partial charge in [-0.15, -0.1) is 0 Å². The molecule has 1 aromatic carbocycles. The standard InChI is InChI=1S/C30H45NO3/c1-8-9-10-11-22-17-25(32)29(24-16-21(4)12-13-23(24)20(2)3)26(18-22)34-28(33)14-15-30(5,6)27-19-31(27)7/h16-18,23-24,27,32H,2,8-15,19H2,1,3-7H3/t23-,24+,27?,31?/m0/s1. The first-order valence-electron chi connectivity index (χ1n) is 13.1. The molecule has 1 fully saturated rings. The number of hydrogen-bond acceptors (Lipinski definition) is 4. The number of ether oxygens (including phenoxy) is 1. The molecule has 1 saturated heterocycles. The van der Waals surface area contributed by atoms with E-state index in [1.807, 2.05) is 12.1 Å². The lowest BCUT2D eigenvalue weighted by Gasteiger charge is -2.32. The van der Waals surface area contributed by atoms with Gasteiger partial charge in [-0.25, -0.2) is 0 Å². The number of aromatic hydroxyl groups is 1. The summed E-state index contributed by atoms with van der Waals surface area (Å²) >= 11 is 0. The summed E-state index contributed by atoms with van der Waals surface area (Å²) in [7, 11) is 2.13. The maximum absolute atomic E-state index is 13.0. The van der Waals surface area contributed by atoms with Crippen molar-refractivity contribution in [3.8, 4) is 11.5 Å². The number of allylic oxidation sites excluding steroid dienone is 3. The van der Waals surface area contributed by atoms with Crippen LogP contribution in [0.25, 0.3) is 0 Å². The lowest BCUT2D eigenvalue weighted by Crippen LogP contribution is -2.24. The van der Waals surface area contributed by atoms with Crippen molar-refractivity contribution in [2.75, 3.05) is 13.6 Å². The minimum atomic E-state index is -0.217. The molecule has 2 unspecified atom stereocenters. The molecular formula is C30H45NO3. The smallest absolute Gasteiger partial charge is 0.311 e. The van der Waals surface area contributed by atoms with E-state index in [9.17, 15) is 9.90 Å². The van der Waals surface area contributed by atoms with Crippen molar-refractivity contribution in [3.63, 3.8) is 0 Å². The highest BCUT2D eigenvalue weighted by atomic mass is 16.5. The Kier molecular flexibility index (Phi) is 8.67. The predicted molar refractivity (Wildman–Crippen MR) is 140 cm³/mol. The van der Waals surface area contributed by atoms with Gasteiger partial charge < -0.3 is 14.7 Å². The molecule has 0 saturated carbocycles. The number of phenolic OH excluding ortho intramolecular Hbond substituents is 1. The van der Waals surface area contributed by atoms with Crippen LogP contribution in [0.15, 0.2) is 35.9 Å². The average Bonchev–Trinajstić information content (AvgIpc) is 3.50. The van der Waals surface area contributed by atoms with Crippen LogP contribution in [0.2, 0.25) is 0 Å². The normalized spacial score (nSPS) is 24.5. The van der Waals surface area contributed by atoms with Gasteiger partial charge in [0.25, 0.3) is 0 Å². The highest BCUT2D eigenvalue weighted by Gasteiger charge is 2.43. The van der Waals surface area contributed by atoms with Crippen molar-refractivity contribution in [3.05, 3.63) is 47.1 Å². The Labute approximate surface area is 207 Å². The van der Waals surface area contributed by atoms with Gasteiger partial charge in [-0.3, -0.25) is 4.79 Å². The molecule has 3 rings (SSSR count). The van der Waals surface area contributed by atoms with Crippen LogP contribution in [0.4, 0.5) is 0 Å². The molecule has 1 N–H and O–H groups in total. The third-order valence-electron chi connectivity index (χ3n) is 7.92. The summed E-state index contributed by atoms with van der Waals surface area (Å²) in [5.74, 6) is 0.739. The lowest BCUT2D eigenvalue weighted by molar-refractivity contribution is -0.135. The minimum absolute atomic E-state index is 0.0321. The van der Waals surface area contributed by atoms with Crippen LogP contribution in [-0.2, 0) is 11.2 Å². The largest absolute Gasteiger partial charge is 0.507 e. The second kappa shape index (κ2) is 11.1. The summed E-state index contributed by atoms with van der Waals surface area (Å²) in [5.41, 5.74) is 4.26. The van der Waals surface area contributed by atoms with Gasteiger partial charge in [-0.1, -0.05) is 57.4 Å². The van der Waals surface area contributed by atoms with Crippen LogP contribution in [0.1, 0.15) is 96.6 Å². The topological polar surface area (TPSA) is 49.5 Å². The maximum Gasteiger partial charge on any atom is 0.311 e. The zero-order chi connectivity index (χ0) is 25.0. The summed E-state index contributed by atoms with van der Waals surface area (Å²) < 4.78 is 6.04. The minimum Gasteiger partial charge on any atom is -0.507 e. The van der Waals surface area contributed by atoms with E-state index >= 15 is 0 Å². The van der Waals surface area contributed by atoms with Crippen LogP contribution >= 0.6 is 0 Å². The molecule has 188 valence electrons. The summed E-state index contributed by atoms with van der Waals surface area (Å²) in [6, 6.07) is 4.41. The fourth-order valence-corrected chi connectivity index (χ4v) is 5.55. The first-order chi connectivity index (χ1) is 16.0. The maximum atomic E-state index is 13.0. The molecule has 34 heavy (non-hydrogen) atoms. The second-order valence-electron chi connectivity index (χ2n) is 11.4. The number of unbranched alkanes of at least 4 members (excludes halogenated alkanes) is 2. The van der Waals surface area contributed by atoms with E-state index < -0.39 is 0 Å². The third kappa shape index (κ3) is 6.53.